The van der Waals surface area contributed by atoms with Gasteiger partial charge in [-0.2, -0.15) is 0 Å². The number of hydrogen-bond donors (Lipinski definition) is 1. The van der Waals surface area contributed by atoms with E-state index in [0.29, 0.717) is 22.0 Å². The van der Waals surface area contributed by atoms with Crippen molar-refractivity contribution in [1.29, 1.82) is 0 Å². The normalized spacial score (nSPS) is 10.7. The highest BCUT2D eigenvalue weighted by Crippen LogP contribution is 2.27. The number of rotatable bonds is 5. The number of benzene rings is 1. The summed E-state index contributed by atoms with van der Waals surface area (Å²) >= 11 is 9.22. The molecule has 3 rings (SSSR count). The highest BCUT2D eigenvalue weighted by Gasteiger charge is 2.12. The molecule has 0 spiro atoms. The maximum atomic E-state index is 12.1. The van der Waals surface area contributed by atoms with Gasteiger partial charge in [-0.3, -0.25) is 0 Å². The minimum absolute atomic E-state index is 0.141. The van der Waals surface area contributed by atoms with Crippen LogP contribution in [0.1, 0.15) is 10.4 Å². The molecule has 1 aromatic carbocycles. The fourth-order valence-electron chi connectivity index (χ4n) is 2.09. The summed E-state index contributed by atoms with van der Waals surface area (Å²) in [6, 6.07) is 8.64. The predicted molar refractivity (Wildman–Crippen MR) is 91.0 cm³/mol. The van der Waals surface area contributed by atoms with E-state index in [2.05, 4.69) is 25.9 Å². The van der Waals surface area contributed by atoms with E-state index in [4.69, 9.17) is 21.1 Å². The van der Waals surface area contributed by atoms with Gasteiger partial charge >= 0.3 is 5.97 Å². The smallest absolute Gasteiger partial charge is 0.339 e. The molecular weight excluding hydrogens is 384 g/mol. The van der Waals surface area contributed by atoms with Gasteiger partial charge in [-0.1, -0.05) is 11.6 Å². The van der Waals surface area contributed by atoms with Gasteiger partial charge in [0, 0.05) is 22.8 Å². The standard InChI is InChI=1S/C16H12BrClN2O3/c17-13-9-10(18)1-2-14(13)22-7-8-23-16(21)12-4-6-20-15-11(12)3-5-19-15/h1-6,9H,7-8H2,(H,19,20). The van der Waals surface area contributed by atoms with Gasteiger partial charge in [0.1, 0.15) is 24.6 Å². The first-order valence-corrected chi connectivity index (χ1v) is 7.99. The second-order valence-electron chi connectivity index (χ2n) is 4.66. The number of nitrogens with zero attached hydrogens (tertiary/aromatic N) is 1. The van der Waals surface area contributed by atoms with Crippen LogP contribution in [0.4, 0.5) is 0 Å². The van der Waals surface area contributed by atoms with Crippen molar-refractivity contribution in [3.63, 3.8) is 0 Å². The van der Waals surface area contributed by atoms with Gasteiger partial charge < -0.3 is 14.5 Å². The number of hydrogen-bond acceptors (Lipinski definition) is 4. The number of ether oxygens (including phenoxy) is 2. The minimum Gasteiger partial charge on any atom is -0.489 e. The Balaban J connectivity index is 1.56. The lowest BCUT2D eigenvalue weighted by Crippen LogP contribution is -2.12. The topological polar surface area (TPSA) is 64.2 Å². The molecule has 0 bridgehead atoms. The number of H-pyrrole nitrogens is 1. The van der Waals surface area contributed by atoms with Crippen LogP contribution in [0, 0.1) is 0 Å². The molecule has 0 saturated heterocycles. The molecule has 1 N–H and O–H groups in total. The minimum atomic E-state index is -0.407. The quantitative estimate of drug-likeness (QED) is 0.519. The van der Waals surface area contributed by atoms with Gasteiger partial charge in [-0.15, -0.1) is 0 Å². The van der Waals surface area contributed by atoms with Crippen LogP contribution in [0.15, 0.2) is 47.2 Å². The van der Waals surface area contributed by atoms with E-state index in [9.17, 15) is 4.79 Å². The maximum Gasteiger partial charge on any atom is 0.339 e. The fourth-order valence-corrected chi connectivity index (χ4v) is 2.89. The van der Waals surface area contributed by atoms with Crippen LogP contribution in [-0.4, -0.2) is 29.2 Å². The number of nitrogens with one attached hydrogen (secondary N) is 1. The van der Waals surface area contributed by atoms with Crippen LogP contribution < -0.4 is 4.74 Å². The predicted octanol–water partition coefficient (Wildman–Crippen LogP) is 4.21. The summed E-state index contributed by atoms with van der Waals surface area (Å²) in [6.45, 7) is 0.384. The molecule has 0 aliphatic rings. The van der Waals surface area contributed by atoms with E-state index in [1.807, 2.05) is 0 Å². The Bertz CT molecular complexity index is 850. The molecule has 0 fully saturated rings. The van der Waals surface area contributed by atoms with E-state index >= 15 is 0 Å². The van der Waals surface area contributed by atoms with E-state index in [0.717, 1.165) is 9.86 Å². The SMILES string of the molecule is O=C(OCCOc1ccc(Cl)cc1Br)c1ccnc2[nH]ccc12. The summed E-state index contributed by atoms with van der Waals surface area (Å²) in [5, 5.41) is 1.35. The molecule has 3 aromatic rings. The van der Waals surface area contributed by atoms with Gasteiger partial charge in [-0.05, 0) is 46.3 Å². The largest absolute Gasteiger partial charge is 0.489 e. The number of aromatic nitrogens is 2. The lowest BCUT2D eigenvalue weighted by molar-refractivity contribution is 0.0452. The molecular formula is C16H12BrClN2O3. The van der Waals surface area contributed by atoms with Crippen molar-refractivity contribution >= 4 is 44.5 Å². The number of pyridine rings is 1. The molecule has 0 aliphatic heterocycles. The van der Waals surface area contributed by atoms with Gasteiger partial charge in [0.05, 0.1) is 10.0 Å². The van der Waals surface area contributed by atoms with Crippen molar-refractivity contribution in [2.24, 2.45) is 0 Å². The average Bonchev–Trinajstić information content (AvgIpc) is 3.01. The van der Waals surface area contributed by atoms with Crippen molar-refractivity contribution in [1.82, 2.24) is 9.97 Å². The first-order chi connectivity index (χ1) is 11.1. The highest BCUT2D eigenvalue weighted by molar-refractivity contribution is 9.10. The van der Waals surface area contributed by atoms with Crippen LogP contribution in [-0.2, 0) is 4.74 Å². The number of carbonyl (C=O) groups excluding carboxylic acids is 1. The van der Waals surface area contributed by atoms with Crippen molar-refractivity contribution in [3.05, 3.63) is 57.8 Å². The summed E-state index contributed by atoms with van der Waals surface area (Å²) in [4.78, 5) is 19.2. The van der Waals surface area contributed by atoms with Crippen molar-refractivity contribution in [2.45, 2.75) is 0 Å². The summed E-state index contributed by atoms with van der Waals surface area (Å²) in [7, 11) is 0. The van der Waals surface area contributed by atoms with Crippen molar-refractivity contribution in [3.8, 4) is 5.75 Å². The molecule has 0 atom stereocenters. The van der Waals surface area contributed by atoms with Gasteiger partial charge in [0.25, 0.3) is 0 Å². The first-order valence-electron chi connectivity index (χ1n) is 6.82. The van der Waals surface area contributed by atoms with E-state index < -0.39 is 5.97 Å². The summed E-state index contributed by atoms with van der Waals surface area (Å²) in [6.07, 6.45) is 3.30. The Morgan fingerprint density at radius 1 is 1.26 bits per heavy atom. The Morgan fingerprint density at radius 3 is 2.96 bits per heavy atom. The molecule has 2 aromatic heterocycles. The van der Waals surface area contributed by atoms with E-state index in [1.54, 1.807) is 42.7 Å². The molecule has 23 heavy (non-hydrogen) atoms. The number of halogens is 2. The van der Waals surface area contributed by atoms with Crippen molar-refractivity contribution in [2.75, 3.05) is 13.2 Å². The molecule has 0 aliphatic carbocycles. The van der Waals surface area contributed by atoms with Crippen LogP contribution in [0.5, 0.6) is 5.75 Å². The molecule has 0 unspecified atom stereocenters. The Labute approximate surface area is 145 Å². The van der Waals surface area contributed by atoms with E-state index in [-0.39, 0.29) is 13.2 Å². The van der Waals surface area contributed by atoms with Crippen LogP contribution in [0.2, 0.25) is 5.02 Å². The first kappa shape index (κ1) is 15.8. The third-order valence-electron chi connectivity index (χ3n) is 3.15. The molecule has 118 valence electrons. The third kappa shape index (κ3) is 3.65. The lowest BCUT2D eigenvalue weighted by Gasteiger charge is -2.09. The number of carbonyl (C=O) groups is 1. The second-order valence-corrected chi connectivity index (χ2v) is 5.95. The summed E-state index contributed by atoms with van der Waals surface area (Å²) in [5.41, 5.74) is 1.13. The lowest BCUT2D eigenvalue weighted by atomic mass is 10.2. The molecule has 2 heterocycles. The van der Waals surface area contributed by atoms with Gasteiger partial charge in [0.15, 0.2) is 0 Å². The monoisotopic (exact) mass is 394 g/mol. The van der Waals surface area contributed by atoms with Crippen LogP contribution in [0.3, 0.4) is 0 Å². The Morgan fingerprint density at radius 2 is 2.13 bits per heavy atom. The molecule has 5 nitrogen and oxygen atoms in total. The zero-order chi connectivity index (χ0) is 16.2. The third-order valence-corrected chi connectivity index (χ3v) is 4.00. The van der Waals surface area contributed by atoms with Gasteiger partial charge in [0.2, 0.25) is 0 Å². The number of esters is 1. The van der Waals surface area contributed by atoms with Crippen LogP contribution >= 0.6 is 27.5 Å². The molecule has 0 saturated carbocycles. The zero-order valence-electron chi connectivity index (χ0n) is 11.9. The number of fused-ring (bicyclic) bond motifs is 1. The van der Waals surface area contributed by atoms with Crippen LogP contribution in [0.25, 0.3) is 11.0 Å². The van der Waals surface area contributed by atoms with Crippen molar-refractivity contribution < 1.29 is 14.3 Å². The Hall–Kier alpha value is -2.05. The molecule has 7 heteroatoms. The second kappa shape index (κ2) is 7.02. The van der Waals surface area contributed by atoms with E-state index in [1.165, 1.54) is 0 Å². The summed E-state index contributed by atoms with van der Waals surface area (Å²) < 4.78 is 11.5. The Kier molecular flexibility index (Phi) is 4.83. The summed E-state index contributed by atoms with van der Waals surface area (Å²) in [5.74, 6) is 0.234. The molecule has 0 radical (unpaired) electrons. The van der Waals surface area contributed by atoms with Gasteiger partial charge in [-0.25, -0.2) is 9.78 Å². The highest BCUT2D eigenvalue weighted by atomic mass is 79.9. The molecule has 0 amide bonds. The fraction of sp³-hybridized carbons (Fsp3) is 0.125. The maximum absolute atomic E-state index is 12.1. The number of aromatic amines is 1. The zero-order valence-corrected chi connectivity index (χ0v) is 14.2. The average molecular weight is 396 g/mol.